The lowest BCUT2D eigenvalue weighted by Gasteiger charge is -2.07. The van der Waals surface area contributed by atoms with Crippen LogP contribution in [0, 0.1) is 0 Å². The second kappa shape index (κ2) is 7.04. The molecule has 2 amide bonds. The third-order valence-corrected chi connectivity index (χ3v) is 1.56. The van der Waals surface area contributed by atoms with Crippen molar-refractivity contribution in [1.29, 1.82) is 0 Å². The summed E-state index contributed by atoms with van der Waals surface area (Å²) in [5.74, 6) is -1.84. The van der Waals surface area contributed by atoms with Gasteiger partial charge in [0.05, 0.1) is 0 Å². The molecule has 0 bridgehead atoms. The highest BCUT2D eigenvalue weighted by atomic mass is 19.4. The van der Waals surface area contributed by atoms with Gasteiger partial charge in [0, 0.05) is 26.1 Å². The highest BCUT2D eigenvalue weighted by molar-refractivity contribution is 6.35. The molecule has 16 heavy (non-hydrogen) atoms. The fourth-order valence-electron chi connectivity index (χ4n) is 0.837. The minimum absolute atomic E-state index is 0.148. The van der Waals surface area contributed by atoms with Crippen molar-refractivity contribution in [2.45, 2.75) is 19.0 Å². The van der Waals surface area contributed by atoms with E-state index in [0.29, 0.717) is 0 Å². The smallest absolute Gasteiger partial charge is 0.348 e. The van der Waals surface area contributed by atoms with Crippen LogP contribution in [0.25, 0.3) is 0 Å². The van der Waals surface area contributed by atoms with Crippen molar-refractivity contribution in [2.24, 2.45) is 5.73 Å². The molecule has 0 spiro atoms. The fraction of sp³-hybridized carbons (Fsp3) is 0.750. The Balaban J connectivity index is 3.61. The molecular weight excluding hydrogens is 227 g/mol. The number of rotatable bonds is 5. The number of halogens is 3. The Morgan fingerprint density at radius 1 is 1.06 bits per heavy atom. The summed E-state index contributed by atoms with van der Waals surface area (Å²) in [6, 6.07) is 0. The SMILES string of the molecule is NCCNC(=O)C(=O)NCCCC(F)(F)F. The Hall–Kier alpha value is -1.31. The van der Waals surface area contributed by atoms with Crippen molar-refractivity contribution in [3.05, 3.63) is 0 Å². The molecule has 0 atom stereocenters. The van der Waals surface area contributed by atoms with Crippen molar-refractivity contribution in [1.82, 2.24) is 10.6 Å². The average molecular weight is 241 g/mol. The first kappa shape index (κ1) is 14.7. The summed E-state index contributed by atoms with van der Waals surface area (Å²) in [5.41, 5.74) is 5.08. The second-order valence-electron chi connectivity index (χ2n) is 3.02. The molecule has 0 aliphatic rings. The molecule has 0 aromatic heterocycles. The van der Waals surface area contributed by atoms with Crippen molar-refractivity contribution in [2.75, 3.05) is 19.6 Å². The Kier molecular flexibility index (Phi) is 6.47. The lowest BCUT2D eigenvalue weighted by Crippen LogP contribution is -2.42. The summed E-state index contributed by atoms with van der Waals surface area (Å²) in [7, 11) is 0. The van der Waals surface area contributed by atoms with E-state index in [1.54, 1.807) is 0 Å². The zero-order chi connectivity index (χ0) is 12.6. The van der Waals surface area contributed by atoms with E-state index < -0.39 is 24.4 Å². The van der Waals surface area contributed by atoms with Gasteiger partial charge in [0.1, 0.15) is 0 Å². The first-order valence-electron chi connectivity index (χ1n) is 4.69. The van der Waals surface area contributed by atoms with Gasteiger partial charge in [0.2, 0.25) is 0 Å². The normalized spacial score (nSPS) is 11.0. The van der Waals surface area contributed by atoms with Crippen LogP contribution in [-0.2, 0) is 9.59 Å². The van der Waals surface area contributed by atoms with Crippen LogP contribution in [0.15, 0.2) is 0 Å². The van der Waals surface area contributed by atoms with Gasteiger partial charge in [0.25, 0.3) is 0 Å². The fourth-order valence-corrected chi connectivity index (χ4v) is 0.837. The van der Waals surface area contributed by atoms with Crippen LogP contribution < -0.4 is 16.4 Å². The summed E-state index contributed by atoms with van der Waals surface area (Å²) in [5, 5.41) is 4.26. The predicted molar refractivity (Wildman–Crippen MR) is 50.4 cm³/mol. The van der Waals surface area contributed by atoms with E-state index in [-0.39, 0.29) is 26.1 Å². The quantitative estimate of drug-likeness (QED) is 0.449. The van der Waals surface area contributed by atoms with Crippen molar-refractivity contribution >= 4 is 11.8 Å². The number of carbonyl (C=O) groups is 2. The molecule has 0 fully saturated rings. The van der Waals surface area contributed by atoms with E-state index in [4.69, 9.17) is 5.73 Å². The number of carbonyl (C=O) groups excluding carboxylic acids is 2. The molecule has 0 heterocycles. The number of nitrogens with two attached hydrogens (primary N) is 1. The maximum Gasteiger partial charge on any atom is 0.389 e. The van der Waals surface area contributed by atoms with Crippen molar-refractivity contribution < 1.29 is 22.8 Å². The van der Waals surface area contributed by atoms with Crippen LogP contribution in [0.3, 0.4) is 0 Å². The molecule has 0 saturated heterocycles. The first-order valence-corrected chi connectivity index (χ1v) is 4.69. The lowest BCUT2D eigenvalue weighted by atomic mass is 10.3. The molecule has 8 heteroatoms. The van der Waals surface area contributed by atoms with E-state index in [1.807, 2.05) is 0 Å². The Morgan fingerprint density at radius 3 is 2.00 bits per heavy atom. The molecule has 0 radical (unpaired) electrons. The predicted octanol–water partition coefficient (Wildman–Crippen LogP) is -0.480. The molecule has 0 aromatic carbocycles. The molecule has 4 N–H and O–H groups in total. The molecular formula is C8H14F3N3O2. The number of hydrogen-bond acceptors (Lipinski definition) is 3. The van der Waals surface area contributed by atoms with Gasteiger partial charge in [-0.3, -0.25) is 9.59 Å². The average Bonchev–Trinajstić information content (AvgIpc) is 2.19. The molecule has 0 unspecified atom stereocenters. The van der Waals surface area contributed by atoms with Crippen LogP contribution in [0.4, 0.5) is 13.2 Å². The van der Waals surface area contributed by atoms with E-state index in [9.17, 15) is 22.8 Å². The summed E-state index contributed by atoms with van der Waals surface area (Å²) in [6.07, 6.45) is -5.48. The van der Waals surface area contributed by atoms with E-state index in [2.05, 4.69) is 10.6 Å². The van der Waals surface area contributed by atoms with Gasteiger partial charge in [-0.1, -0.05) is 0 Å². The molecule has 0 aliphatic carbocycles. The Morgan fingerprint density at radius 2 is 1.56 bits per heavy atom. The van der Waals surface area contributed by atoms with Crippen molar-refractivity contribution in [3.63, 3.8) is 0 Å². The van der Waals surface area contributed by atoms with Crippen LogP contribution in [-0.4, -0.2) is 37.6 Å². The van der Waals surface area contributed by atoms with Gasteiger partial charge in [-0.2, -0.15) is 13.2 Å². The van der Waals surface area contributed by atoms with E-state index in [1.165, 1.54) is 0 Å². The number of nitrogens with one attached hydrogen (secondary N) is 2. The van der Waals surface area contributed by atoms with Crippen molar-refractivity contribution in [3.8, 4) is 0 Å². The zero-order valence-corrected chi connectivity index (χ0v) is 8.56. The minimum atomic E-state index is -4.24. The first-order chi connectivity index (χ1) is 7.37. The molecule has 0 aromatic rings. The molecule has 0 aliphatic heterocycles. The topological polar surface area (TPSA) is 84.2 Å². The summed E-state index contributed by atoms with van der Waals surface area (Å²) < 4.78 is 35.1. The van der Waals surface area contributed by atoms with Gasteiger partial charge >= 0.3 is 18.0 Å². The highest BCUT2D eigenvalue weighted by Crippen LogP contribution is 2.20. The Bertz CT molecular complexity index is 243. The highest BCUT2D eigenvalue weighted by Gasteiger charge is 2.26. The monoisotopic (exact) mass is 241 g/mol. The van der Waals surface area contributed by atoms with E-state index in [0.717, 1.165) is 0 Å². The van der Waals surface area contributed by atoms with Gasteiger partial charge in [-0.15, -0.1) is 0 Å². The zero-order valence-electron chi connectivity index (χ0n) is 8.56. The van der Waals surface area contributed by atoms with Gasteiger partial charge in [-0.25, -0.2) is 0 Å². The summed E-state index contributed by atoms with van der Waals surface area (Å²) >= 11 is 0. The third kappa shape index (κ3) is 8.04. The molecule has 0 rings (SSSR count). The maximum absolute atomic E-state index is 11.7. The Labute approximate surface area is 90.6 Å². The number of alkyl halides is 3. The van der Waals surface area contributed by atoms with Gasteiger partial charge in [0.15, 0.2) is 0 Å². The second-order valence-corrected chi connectivity index (χ2v) is 3.02. The number of hydrogen-bond donors (Lipinski definition) is 3. The van der Waals surface area contributed by atoms with Gasteiger partial charge in [-0.05, 0) is 6.42 Å². The van der Waals surface area contributed by atoms with Crippen LogP contribution in [0.5, 0.6) is 0 Å². The minimum Gasteiger partial charge on any atom is -0.348 e. The summed E-state index contributed by atoms with van der Waals surface area (Å²) in [6.45, 7) is 0.149. The summed E-state index contributed by atoms with van der Waals surface area (Å²) in [4.78, 5) is 21.8. The van der Waals surface area contributed by atoms with Crippen LogP contribution in [0.2, 0.25) is 0 Å². The van der Waals surface area contributed by atoms with Gasteiger partial charge < -0.3 is 16.4 Å². The largest absolute Gasteiger partial charge is 0.389 e. The number of amides is 2. The van der Waals surface area contributed by atoms with Crippen LogP contribution >= 0.6 is 0 Å². The molecule has 0 saturated carbocycles. The third-order valence-electron chi connectivity index (χ3n) is 1.56. The molecule has 94 valence electrons. The van der Waals surface area contributed by atoms with Crippen LogP contribution in [0.1, 0.15) is 12.8 Å². The lowest BCUT2D eigenvalue weighted by molar-refractivity contribution is -0.140. The van der Waals surface area contributed by atoms with E-state index >= 15 is 0 Å². The maximum atomic E-state index is 11.7. The molecule has 5 nitrogen and oxygen atoms in total. The standard InChI is InChI=1S/C8H14F3N3O2/c9-8(10,11)2-1-4-13-6(15)7(16)14-5-3-12/h1-5,12H2,(H,13,15)(H,14,16).